The smallest absolute Gasteiger partial charge is 0.305 e. The highest BCUT2D eigenvalue weighted by Crippen LogP contribution is 2.27. The maximum atomic E-state index is 10.3. The van der Waals surface area contributed by atoms with Crippen LogP contribution in [0.15, 0.2) is 0 Å². The molecule has 0 radical (unpaired) electrons. The molecule has 3 nitrogen and oxygen atoms in total. The van der Waals surface area contributed by atoms with Crippen molar-refractivity contribution in [2.45, 2.75) is 39.1 Å². The van der Waals surface area contributed by atoms with Crippen LogP contribution < -0.4 is 0 Å². The normalized spacial score (nSPS) is 29.8. The van der Waals surface area contributed by atoms with Crippen molar-refractivity contribution in [3.8, 4) is 0 Å². The van der Waals surface area contributed by atoms with Crippen LogP contribution in [-0.2, 0) is 14.3 Å². The van der Waals surface area contributed by atoms with Crippen LogP contribution in [0.2, 0.25) is 0 Å². The van der Waals surface area contributed by atoms with E-state index in [4.69, 9.17) is 9.47 Å². The number of hydrogen-bond donors (Lipinski definition) is 0. The molecule has 1 fully saturated rings. The number of carbonyl (C=O) groups excluding carboxylic acids is 1. The van der Waals surface area contributed by atoms with Crippen molar-refractivity contribution in [2.75, 3.05) is 0 Å². The van der Waals surface area contributed by atoms with Crippen LogP contribution in [0.3, 0.4) is 0 Å². The molecule has 2 unspecified atom stereocenters. The Kier molecular flexibility index (Phi) is 2.27. The first kappa shape index (κ1) is 7.54. The number of hydrogen-bond acceptors (Lipinski definition) is 3. The van der Waals surface area contributed by atoms with Gasteiger partial charge in [-0.1, -0.05) is 13.3 Å². The van der Waals surface area contributed by atoms with Crippen LogP contribution in [0.5, 0.6) is 0 Å². The molecule has 58 valence electrons. The quantitative estimate of drug-likeness (QED) is 0.439. The maximum Gasteiger partial charge on any atom is 0.305 e. The molecule has 2 atom stereocenters. The molecule has 0 amide bonds. The summed E-state index contributed by atoms with van der Waals surface area (Å²) in [6.45, 7) is 3.47. The van der Waals surface area contributed by atoms with E-state index >= 15 is 0 Å². The van der Waals surface area contributed by atoms with Crippen molar-refractivity contribution >= 4 is 5.97 Å². The van der Waals surface area contributed by atoms with Crippen LogP contribution in [-0.4, -0.2) is 18.4 Å². The predicted molar refractivity (Wildman–Crippen MR) is 35.3 cm³/mol. The van der Waals surface area contributed by atoms with Crippen LogP contribution in [0, 0.1) is 0 Å². The molecule has 0 saturated carbocycles. The molecule has 10 heavy (non-hydrogen) atoms. The van der Waals surface area contributed by atoms with Crippen LogP contribution in [0.4, 0.5) is 0 Å². The van der Waals surface area contributed by atoms with Crippen molar-refractivity contribution in [1.82, 2.24) is 0 Å². The SMILES string of the molecule is CCCC1OC1OC(C)=O. The zero-order chi connectivity index (χ0) is 7.56. The molecule has 0 aromatic rings. The van der Waals surface area contributed by atoms with Gasteiger partial charge in [0.2, 0.25) is 6.29 Å². The van der Waals surface area contributed by atoms with E-state index in [1.165, 1.54) is 6.92 Å². The summed E-state index contributed by atoms with van der Waals surface area (Å²) in [7, 11) is 0. The first-order valence-corrected chi connectivity index (χ1v) is 3.56. The standard InChI is InChI=1S/C7H12O3/c1-3-4-6-7(10-6)9-5(2)8/h6-7H,3-4H2,1-2H3. The molecular formula is C7H12O3. The Bertz CT molecular complexity index is 133. The second-order valence-electron chi connectivity index (χ2n) is 2.44. The third kappa shape index (κ3) is 1.99. The van der Waals surface area contributed by atoms with Crippen molar-refractivity contribution in [3.05, 3.63) is 0 Å². The fourth-order valence-electron chi connectivity index (χ4n) is 0.883. The van der Waals surface area contributed by atoms with Crippen molar-refractivity contribution < 1.29 is 14.3 Å². The summed E-state index contributed by atoms with van der Waals surface area (Å²) < 4.78 is 9.79. The van der Waals surface area contributed by atoms with Crippen molar-refractivity contribution in [2.24, 2.45) is 0 Å². The first-order valence-electron chi connectivity index (χ1n) is 3.56. The second-order valence-corrected chi connectivity index (χ2v) is 2.44. The van der Waals surface area contributed by atoms with Gasteiger partial charge in [-0.25, -0.2) is 0 Å². The van der Waals surface area contributed by atoms with E-state index in [0.717, 1.165) is 12.8 Å². The Balaban J connectivity index is 2.07. The zero-order valence-electron chi connectivity index (χ0n) is 6.29. The largest absolute Gasteiger partial charge is 0.433 e. The lowest BCUT2D eigenvalue weighted by Gasteiger charge is -1.92. The van der Waals surface area contributed by atoms with Gasteiger partial charge in [0.1, 0.15) is 6.10 Å². The summed E-state index contributed by atoms with van der Waals surface area (Å²) in [4.78, 5) is 10.3. The molecule has 0 aromatic heterocycles. The molecule has 0 bridgehead atoms. The summed E-state index contributed by atoms with van der Waals surface area (Å²) in [5, 5.41) is 0. The van der Waals surface area contributed by atoms with Gasteiger partial charge < -0.3 is 9.47 Å². The number of esters is 1. The van der Waals surface area contributed by atoms with Gasteiger partial charge in [-0.15, -0.1) is 0 Å². The highest BCUT2D eigenvalue weighted by Gasteiger charge is 2.40. The zero-order valence-corrected chi connectivity index (χ0v) is 6.29. The second kappa shape index (κ2) is 3.01. The molecule has 0 N–H and O–H groups in total. The molecule has 0 aliphatic carbocycles. The first-order chi connectivity index (χ1) is 4.74. The highest BCUT2D eigenvalue weighted by molar-refractivity contribution is 5.66. The Morgan fingerprint density at radius 2 is 2.40 bits per heavy atom. The summed E-state index contributed by atoms with van der Waals surface area (Å²) in [5.74, 6) is -0.261. The molecule has 1 saturated heterocycles. The number of rotatable bonds is 3. The van der Waals surface area contributed by atoms with E-state index in [-0.39, 0.29) is 18.4 Å². The van der Waals surface area contributed by atoms with Gasteiger partial charge in [0.05, 0.1) is 0 Å². The van der Waals surface area contributed by atoms with Gasteiger partial charge in [0.25, 0.3) is 0 Å². The lowest BCUT2D eigenvalue weighted by atomic mass is 10.3. The predicted octanol–water partition coefficient (Wildman–Crippen LogP) is 1.07. The number of epoxide rings is 1. The lowest BCUT2D eigenvalue weighted by molar-refractivity contribution is -0.145. The Labute approximate surface area is 60.3 Å². The minimum Gasteiger partial charge on any atom is -0.433 e. The van der Waals surface area contributed by atoms with Crippen LogP contribution in [0.1, 0.15) is 26.7 Å². The topological polar surface area (TPSA) is 38.8 Å². The van der Waals surface area contributed by atoms with Crippen LogP contribution in [0.25, 0.3) is 0 Å². The molecule has 1 aliphatic heterocycles. The summed E-state index contributed by atoms with van der Waals surface area (Å²) >= 11 is 0. The monoisotopic (exact) mass is 144 g/mol. The minimum absolute atomic E-state index is 0.175. The van der Waals surface area contributed by atoms with Gasteiger partial charge in [0, 0.05) is 6.92 Å². The van der Waals surface area contributed by atoms with E-state index in [1.807, 2.05) is 0 Å². The van der Waals surface area contributed by atoms with Crippen LogP contribution >= 0.6 is 0 Å². The summed E-state index contributed by atoms with van der Waals surface area (Å²) in [6.07, 6.45) is 1.99. The van der Waals surface area contributed by atoms with Gasteiger partial charge >= 0.3 is 5.97 Å². The lowest BCUT2D eigenvalue weighted by Crippen LogP contribution is -2.04. The van der Waals surface area contributed by atoms with E-state index in [1.54, 1.807) is 0 Å². The Hall–Kier alpha value is -0.570. The maximum absolute atomic E-state index is 10.3. The van der Waals surface area contributed by atoms with E-state index in [0.29, 0.717) is 0 Å². The van der Waals surface area contributed by atoms with Crippen molar-refractivity contribution in [3.63, 3.8) is 0 Å². The Morgan fingerprint density at radius 3 is 2.90 bits per heavy atom. The summed E-state index contributed by atoms with van der Waals surface area (Å²) in [5.41, 5.74) is 0. The third-order valence-electron chi connectivity index (χ3n) is 1.39. The molecule has 1 rings (SSSR count). The number of ether oxygens (including phenoxy) is 2. The van der Waals surface area contributed by atoms with E-state index in [9.17, 15) is 4.79 Å². The summed E-state index contributed by atoms with van der Waals surface area (Å²) in [6, 6.07) is 0. The molecule has 0 aromatic carbocycles. The van der Waals surface area contributed by atoms with Gasteiger partial charge in [-0.3, -0.25) is 4.79 Å². The average molecular weight is 144 g/mol. The number of carbonyl (C=O) groups is 1. The molecule has 1 aliphatic rings. The highest BCUT2D eigenvalue weighted by atomic mass is 16.8. The average Bonchev–Trinajstić information content (AvgIpc) is 2.47. The fraction of sp³-hybridized carbons (Fsp3) is 0.857. The van der Waals surface area contributed by atoms with Gasteiger partial charge in [-0.2, -0.15) is 0 Å². The minimum atomic E-state index is -0.261. The third-order valence-corrected chi connectivity index (χ3v) is 1.39. The fourth-order valence-corrected chi connectivity index (χ4v) is 0.883. The van der Waals surface area contributed by atoms with E-state index in [2.05, 4.69) is 6.92 Å². The van der Waals surface area contributed by atoms with Gasteiger partial charge in [-0.05, 0) is 6.42 Å². The Morgan fingerprint density at radius 1 is 1.70 bits per heavy atom. The van der Waals surface area contributed by atoms with Crippen molar-refractivity contribution in [1.29, 1.82) is 0 Å². The molecular weight excluding hydrogens is 132 g/mol. The molecule has 3 heteroatoms. The van der Waals surface area contributed by atoms with E-state index < -0.39 is 0 Å². The molecule has 1 heterocycles. The molecule has 0 spiro atoms. The van der Waals surface area contributed by atoms with Gasteiger partial charge in [0.15, 0.2) is 0 Å².